The van der Waals surface area contributed by atoms with Gasteiger partial charge in [-0.2, -0.15) is 5.10 Å². The lowest BCUT2D eigenvalue weighted by atomic mass is 9.93. The molecule has 6 nitrogen and oxygen atoms in total. The Hall–Kier alpha value is -2.34. The smallest absolute Gasteiger partial charge is 0.321 e. The molecule has 27 heavy (non-hydrogen) atoms. The van der Waals surface area contributed by atoms with E-state index in [1.54, 1.807) is 0 Å². The summed E-state index contributed by atoms with van der Waals surface area (Å²) in [6.07, 6.45) is 1.02. The number of likely N-dealkylation sites (tertiary alicyclic amines) is 1. The first-order chi connectivity index (χ1) is 12.9. The molecule has 6 heteroatoms. The van der Waals surface area contributed by atoms with Crippen molar-refractivity contribution in [3.8, 4) is 5.69 Å². The van der Waals surface area contributed by atoms with Crippen molar-refractivity contribution < 1.29 is 4.79 Å². The SMILES string of the molecule is CCN1CCC(N(C)C(=O)Nc2cccc(-n3nc(C)cc3C)c2)C(C)C1. The summed E-state index contributed by atoms with van der Waals surface area (Å²) in [5, 5.41) is 7.58. The van der Waals surface area contributed by atoms with Crippen LogP contribution in [0.15, 0.2) is 30.3 Å². The van der Waals surface area contributed by atoms with Gasteiger partial charge in [0.05, 0.1) is 11.4 Å². The number of aryl methyl sites for hydroxylation is 2. The normalized spacial score (nSPS) is 20.5. The molecule has 1 aliphatic heterocycles. The topological polar surface area (TPSA) is 53.4 Å². The summed E-state index contributed by atoms with van der Waals surface area (Å²) in [6.45, 7) is 11.6. The fourth-order valence-corrected chi connectivity index (χ4v) is 4.05. The van der Waals surface area contributed by atoms with Gasteiger partial charge >= 0.3 is 6.03 Å². The van der Waals surface area contributed by atoms with E-state index in [1.807, 2.05) is 60.8 Å². The van der Waals surface area contributed by atoms with Crippen LogP contribution >= 0.6 is 0 Å². The Morgan fingerprint density at radius 3 is 2.74 bits per heavy atom. The second kappa shape index (κ2) is 8.13. The number of hydrogen-bond donors (Lipinski definition) is 1. The van der Waals surface area contributed by atoms with Gasteiger partial charge in [0.25, 0.3) is 0 Å². The number of benzene rings is 1. The van der Waals surface area contributed by atoms with Gasteiger partial charge in [0, 0.05) is 37.6 Å². The van der Waals surface area contributed by atoms with Crippen LogP contribution in [0.3, 0.4) is 0 Å². The van der Waals surface area contributed by atoms with Crippen LogP contribution in [0, 0.1) is 19.8 Å². The van der Waals surface area contributed by atoms with Crippen molar-refractivity contribution in [2.75, 3.05) is 32.0 Å². The zero-order valence-electron chi connectivity index (χ0n) is 17.1. The van der Waals surface area contributed by atoms with Gasteiger partial charge in [-0.05, 0) is 57.0 Å². The highest BCUT2D eigenvalue weighted by Crippen LogP contribution is 2.22. The van der Waals surface area contributed by atoms with E-state index in [0.717, 1.165) is 48.8 Å². The van der Waals surface area contributed by atoms with Crippen LogP contribution in [0.25, 0.3) is 5.69 Å². The van der Waals surface area contributed by atoms with Crippen molar-refractivity contribution in [3.05, 3.63) is 41.7 Å². The molecule has 1 aromatic heterocycles. The van der Waals surface area contributed by atoms with E-state index in [1.165, 1.54) is 0 Å². The van der Waals surface area contributed by atoms with Crippen LogP contribution in [0.5, 0.6) is 0 Å². The summed E-state index contributed by atoms with van der Waals surface area (Å²) >= 11 is 0. The highest BCUT2D eigenvalue weighted by Gasteiger charge is 2.30. The van der Waals surface area contributed by atoms with E-state index in [-0.39, 0.29) is 12.1 Å². The number of piperidine rings is 1. The summed E-state index contributed by atoms with van der Waals surface area (Å²) in [5.74, 6) is 0.468. The number of aromatic nitrogens is 2. The van der Waals surface area contributed by atoms with Gasteiger partial charge in [-0.3, -0.25) is 0 Å². The largest absolute Gasteiger partial charge is 0.324 e. The number of urea groups is 1. The van der Waals surface area contributed by atoms with E-state index < -0.39 is 0 Å². The minimum absolute atomic E-state index is 0.0534. The summed E-state index contributed by atoms with van der Waals surface area (Å²) < 4.78 is 1.90. The molecule has 3 rings (SSSR count). The zero-order valence-corrected chi connectivity index (χ0v) is 17.1. The fourth-order valence-electron chi connectivity index (χ4n) is 4.05. The molecule has 1 N–H and O–H groups in total. The molecule has 2 aromatic rings. The fraction of sp³-hybridized carbons (Fsp3) is 0.524. The molecule has 0 saturated carbocycles. The number of nitrogens with one attached hydrogen (secondary N) is 1. The van der Waals surface area contributed by atoms with Crippen LogP contribution in [-0.4, -0.2) is 58.3 Å². The lowest BCUT2D eigenvalue weighted by molar-refractivity contribution is 0.101. The molecule has 1 saturated heterocycles. The molecular formula is C21H31N5O. The van der Waals surface area contributed by atoms with E-state index in [0.29, 0.717) is 5.92 Å². The average molecular weight is 370 g/mol. The highest BCUT2D eigenvalue weighted by molar-refractivity contribution is 5.89. The zero-order chi connectivity index (χ0) is 19.6. The number of nitrogens with zero attached hydrogens (tertiary/aromatic N) is 4. The van der Waals surface area contributed by atoms with E-state index >= 15 is 0 Å². The van der Waals surface area contributed by atoms with Crippen LogP contribution in [-0.2, 0) is 0 Å². The Labute approximate surface area is 162 Å². The standard InChI is InChI=1S/C21H31N5O/c1-6-25-11-10-20(15(2)14-25)24(5)21(27)22-18-8-7-9-19(13-18)26-17(4)12-16(3)23-26/h7-9,12-13,15,20H,6,10-11,14H2,1-5H3,(H,22,27). The van der Waals surface area contributed by atoms with Gasteiger partial charge in [-0.1, -0.05) is 19.9 Å². The number of amides is 2. The highest BCUT2D eigenvalue weighted by atomic mass is 16.2. The van der Waals surface area contributed by atoms with Gasteiger partial charge in [-0.15, -0.1) is 0 Å². The molecule has 0 aliphatic carbocycles. The molecular weight excluding hydrogens is 338 g/mol. The lowest BCUT2D eigenvalue weighted by Crippen LogP contribution is -2.51. The summed E-state index contributed by atoms with van der Waals surface area (Å²) in [4.78, 5) is 17.1. The predicted molar refractivity (Wildman–Crippen MR) is 110 cm³/mol. The summed E-state index contributed by atoms with van der Waals surface area (Å²) in [6, 6.07) is 10.1. The number of hydrogen-bond acceptors (Lipinski definition) is 3. The maximum absolute atomic E-state index is 12.8. The van der Waals surface area contributed by atoms with Crippen molar-refractivity contribution in [2.45, 2.75) is 40.2 Å². The molecule has 146 valence electrons. The van der Waals surface area contributed by atoms with Crippen molar-refractivity contribution in [1.82, 2.24) is 19.6 Å². The third-order valence-corrected chi connectivity index (χ3v) is 5.56. The van der Waals surface area contributed by atoms with Gasteiger partial charge in [0.1, 0.15) is 0 Å². The van der Waals surface area contributed by atoms with E-state index in [9.17, 15) is 4.79 Å². The third-order valence-electron chi connectivity index (χ3n) is 5.56. The van der Waals surface area contributed by atoms with Crippen LogP contribution < -0.4 is 5.32 Å². The maximum Gasteiger partial charge on any atom is 0.321 e. The first-order valence-corrected chi connectivity index (χ1v) is 9.79. The van der Waals surface area contributed by atoms with E-state index in [2.05, 4.69) is 29.2 Å². The van der Waals surface area contributed by atoms with Crippen molar-refractivity contribution in [1.29, 1.82) is 0 Å². The van der Waals surface area contributed by atoms with Gasteiger partial charge in [-0.25, -0.2) is 9.48 Å². The van der Waals surface area contributed by atoms with Gasteiger partial charge in [0.15, 0.2) is 0 Å². The summed E-state index contributed by atoms with van der Waals surface area (Å²) in [5.41, 5.74) is 3.79. The molecule has 0 spiro atoms. The van der Waals surface area contributed by atoms with Crippen LogP contribution in [0.2, 0.25) is 0 Å². The minimum atomic E-state index is -0.0534. The third kappa shape index (κ3) is 4.33. The van der Waals surface area contributed by atoms with Crippen LogP contribution in [0.1, 0.15) is 31.7 Å². The van der Waals surface area contributed by atoms with Crippen molar-refractivity contribution in [2.24, 2.45) is 5.92 Å². The quantitative estimate of drug-likeness (QED) is 0.894. The second-order valence-corrected chi connectivity index (χ2v) is 7.66. The predicted octanol–water partition coefficient (Wildman–Crippen LogP) is 3.68. The second-order valence-electron chi connectivity index (χ2n) is 7.66. The average Bonchev–Trinajstić information content (AvgIpc) is 2.99. The molecule has 2 heterocycles. The van der Waals surface area contributed by atoms with Crippen molar-refractivity contribution >= 4 is 11.7 Å². The van der Waals surface area contributed by atoms with Gasteiger partial charge in [0.2, 0.25) is 0 Å². The maximum atomic E-state index is 12.8. The molecule has 1 aromatic carbocycles. The lowest BCUT2D eigenvalue weighted by Gasteiger charge is -2.40. The Kier molecular flexibility index (Phi) is 5.85. The Bertz CT molecular complexity index is 800. The van der Waals surface area contributed by atoms with Crippen molar-refractivity contribution in [3.63, 3.8) is 0 Å². The Balaban J connectivity index is 1.69. The number of anilines is 1. The monoisotopic (exact) mass is 369 g/mol. The number of carbonyl (C=O) groups excluding carboxylic acids is 1. The van der Waals surface area contributed by atoms with E-state index in [4.69, 9.17) is 0 Å². The molecule has 2 unspecified atom stereocenters. The molecule has 1 fully saturated rings. The van der Waals surface area contributed by atoms with Gasteiger partial charge < -0.3 is 15.1 Å². The first-order valence-electron chi connectivity index (χ1n) is 9.79. The molecule has 2 amide bonds. The van der Waals surface area contributed by atoms with Crippen LogP contribution in [0.4, 0.5) is 10.5 Å². The minimum Gasteiger partial charge on any atom is -0.324 e. The molecule has 2 atom stereocenters. The number of rotatable bonds is 4. The number of carbonyl (C=O) groups is 1. The Morgan fingerprint density at radius 2 is 2.11 bits per heavy atom. The Morgan fingerprint density at radius 1 is 1.33 bits per heavy atom. The first kappa shape index (κ1) is 19.4. The molecule has 0 radical (unpaired) electrons. The molecule has 1 aliphatic rings. The summed E-state index contributed by atoms with van der Waals surface area (Å²) in [7, 11) is 1.91. The molecule has 0 bridgehead atoms.